The first-order valence-electron chi connectivity index (χ1n) is 13.5. The van der Waals surface area contributed by atoms with Gasteiger partial charge in [-0.25, -0.2) is 4.79 Å². The molecule has 1 aromatic heterocycles. The number of fused-ring (bicyclic) bond motifs is 5. The Morgan fingerprint density at radius 3 is 2.17 bits per heavy atom. The van der Waals surface area contributed by atoms with Gasteiger partial charge in [0.25, 0.3) is 0 Å². The van der Waals surface area contributed by atoms with Gasteiger partial charge < -0.3 is 19.0 Å². The van der Waals surface area contributed by atoms with Crippen LogP contribution in [0.2, 0.25) is 0 Å². The van der Waals surface area contributed by atoms with E-state index < -0.39 is 5.60 Å². The summed E-state index contributed by atoms with van der Waals surface area (Å²) in [7, 11) is 0. The number of aryl methyl sites for hydroxylation is 1. The largest absolute Gasteiger partial charge is 0 e. The molecule has 0 N–H and O–H groups in total. The van der Waals surface area contributed by atoms with Crippen LogP contribution in [0.1, 0.15) is 88.3 Å². The number of terminal acetylenes is 1. The third-order valence-corrected chi connectivity index (χ3v) is 7.68. The van der Waals surface area contributed by atoms with Crippen LogP contribution in [0.15, 0.2) is 22.6 Å². The minimum Gasteiger partial charge on any atom is 0 e. The molecule has 1 aliphatic carbocycles. The molecule has 0 bridgehead atoms. The Morgan fingerprint density at radius 1 is 1.06 bits per heavy atom. The molecule has 1 spiro atoms. The van der Waals surface area contributed by atoms with E-state index in [0.717, 1.165) is 37.2 Å². The summed E-state index contributed by atoms with van der Waals surface area (Å²) in [5.74, 6) is 4.96. The van der Waals surface area contributed by atoms with Crippen LogP contribution in [0.5, 0.6) is 0 Å². The quantitative estimate of drug-likeness (QED) is 0.184. The average molecular weight is 737 g/mol. The number of amides is 2. The molecule has 4 aliphatic rings. The molecule has 4 heterocycles. The van der Waals surface area contributed by atoms with Crippen LogP contribution in [0.25, 0.3) is 0 Å². The zero-order chi connectivity index (χ0) is 35.4. The second-order valence-electron chi connectivity index (χ2n) is 11.0. The van der Waals surface area contributed by atoms with Gasteiger partial charge in [0.05, 0.1) is 12.1 Å². The second kappa shape index (κ2) is 25.8. The molecular formula is C33H34Co2N2O10. The molecule has 2 fully saturated rings. The Balaban J connectivity index is -0.000000597. The van der Waals surface area contributed by atoms with Gasteiger partial charge in [-0.05, 0) is 64.0 Å². The van der Waals surface area contributed by atoms with Gasteiger partial charge in [-0.1, -0.05) is 12.2 Å². The van der Waals surface area contributed by atoms with Crippen molar-refractivity contribution in [2.45, 2.75) is 89.3 Å². The number of carbonyl (C=O) groups excluding carboxylic acids is 2. The van der Waals surface area contributed by atoms with Crippen molar-refractivity contribution >= 4 is 12.0 Å². The Morgan fingerprint density at radius 2 is 1.64 bits per heavy atom. The summed E-state index contributed by atoms with van der Waals surface area (Å²) >= 11 is 0. The first-order chi connectivity index (χ1) is 21.7. The first-order valence-corrected chi connectivity index (χ1v) is 13.5. The van der Waals surface area contributed by atoms with E-state index >= 15 is 0 Å². The summed E-state index contributed by atoms with van der Waals surface area (Å²) in [6.45, 7) is 33.9. The van der Waals surface area contributed by atoms with Crippen LogP contribution >= 0.6 is 0 Å². The molecule has 3 aliphatic heterocycles. The predicted octanol–water partition coefficient (Wildman–Crippen LogP) is 4.72. The molecule has 0 aromatic carbocycles. The van der Waals surface area contributed by atoms with Crippen LogP contribution in [0, 0.1) is 57.7 Å². The fourth-order valence-electron chi connectivity index (χ4n) is 6.53. The molecule has 14 heteroatoms. The summed E-state index contributed by atoms with van der Waals surface area (Å²) in [4.78, 5) is 30.3. The van der Waals surface area contributed by atoms with Crippen LogP contribution in [-0.2, 0) is 77.4 Å². The number of furan rings is 1. The van der Waals surface area contributed by atoms with E-state index in [1.807, 2.05) is 25.7 Å². The Bertz CT molecular complexity index is 1270. The molecular weight excluding hydrogens is 702 g/mol. The second-order valence-corrected chi connectivity index (χ2v) is 11.0. The topological polar surface area (TPSA) is 182 Å². The smallest absolute Gasteiger partial charge is 0 e. The maximum absolute atomic E-state index is 13.4. The number of hydrogen-bond donors (Lipinski definition) is 0. The Labute approximate surface area is 296 Å². The van der Waals surface area contributed by atoms with E-state index in [9.17, 15) is 9.59 Å². The van der Waals surface area contributed by atoms with Crippen molar-refractivity contribution in [3.8, 4) is 12.3 Å². The van der Waals surface area contributed by atoms with Crippen molar-refractivity contribution in [3.63, 3.8) is 0 Å². The Kier molecular flexibility index (Phi) is 27.8. The van der Waals surface area contributed by atoms with Crippen molar-refractivity contribution in [1.82, 2.24) is 9.80 Å². The number of ether oxygens (including phenoxy) is 1. The average Bonchev–Trinajstić information content (AvgIpc) is 3.69. The number of rotatable bonds is 2. The van der Waals surface area contributed by atoms with Crippen molar-refractivity contribution in [3.05, 3.63) is 75.2 Å². The Hall–Kier alpha value is -3.23. The fraction of sp³-hybridized carbons (Fsp3) is 0.515. The van der Waals surface area contributed by atoms with Gasteiger partial charge in [-0.2, -0.15) is 0 Å². The molecule has 2 amide bonds. The molecule has 4 atom stereocenters. The molecule has 0 saturated carbocycles. The number of hydrogen-bond acceptors (Lipinski definition) is 4. The van der Waals surface area contributed by atoms with Gasteiger partial charge >= 0.3 is 73.9 Å². The first kappa shape index (κ1) is 50.6. The third-order valence-electron chi connectivity index (χ3n) is 7.68. The normalized spacial score (nSPS) is 22.4. The van der Waals surface area contributed by atoms with Crippen molar-refractivity contribution < 1.29 is 80.2 Å². The summed E-state index contributed by atoms with van der Waals surface area (Å²) in [6, 6.07) is 2.05. The zero-order valence-electron chi connectivity index (χ0n) is 26.0. The fourth-order valence-corrected chi connectivity index (χ4v) is 6.53. The van der Waals surface area contributed by atoms with E-state index in [1.165, 1.54) is 5.56 Å². The van der Waals surface area contributed by atoms with Crippen molar-refractivity contribution in [2.24, 2.45) is 5.41 Å². The molecule has 5 rings (SSSR count). The zero-order valence-corrected chi connectivity index (χ0v) is 28.1. The molecule has 0 unspecified atom stereocenters. The summed E-state index contributed by atoms with van der Waals surface area (Å²) < 4.78 is 57.1. The summed E-state index contributed by atoms with van der Waals surface area (Å²) in [5, 5.41) is 0. The van der Waals surface area contributed by atoms with Crippen LogP contribution < -0.4 is 0 Å². The number of nitrogens with zero attached hydrogens (tertiary/aromatic N) is 2. The van der Waals surface area contributed by atoms with E-state index in [-0.39, 0.29) is 69.0 Å². The van der Waals surface area contributed by atoms with Gasteiger partial charge in [0, 0.05) is 71.3 Å². The minimum atomic E-state index is -0.542. The van der Waals surface area contributed by atoms with Gasteiger partial charge in [-0.15, -0.1) is 12.3 Å². The van der Waals surface area contributed by atoms with Gasteiger partial charge in [0.15, 0.2) is 0 Å². The molecule has 12 nitrogen and oxygen atoms in total. The predicted molar refractivity (Wildman–Crippen MR) is 148 cm³/mol. The van der Waals surface area contributed by atoms with E-state index in [0.29, 0.717) is 32.4 Å². The molecule has 2 saturated heterocycles. The number of likely N-dealkylation sites (tertiary alicyclic amines) is 1. The SMILES string of the molecule is C#CCCc1cc2c(o1)[C@@H]1N3C(=O)CCC/C=C\[C@H]3C[C@@]13CN(C(=O)OC(C)(C)C)CC[C@@H]23.[C-]#[O+].[C-]#[O+].[C-]#[O+].[C-]#[O+].[C-]#[O+].[C-]#[O+].[Co].[Co]. The van der Waals surface area contributed by atoms with Crippen LogP contribution in [0.3, 0.4) is 0 Å². The van der Waals surface area contributed by atoms with Crippen LogP contribution in [-0.4, -0.2) is 46.5 Å². The number of allylic oxidation sites excluding steroid dienone is 1. The van der Waals surface area contributed by atoms with E-state index in [4.69, 9.17) is 43.5 Å². The molecule has 1 aromatic rings. The summed E-state index contributed by atoms with van der Waals surface area (Å²) in [6.07, 6.45) is 15.0. The van der Waals surface area contributed by atoms with E-state index in [1.54, 1.807) is 0 Å². The standard InChI is InChI=1S/C27H34N2O4.6CO.2Co/c1-5-6-11-19-15-20-21-13-14-28(25(31)33-26(2,3)4)17-27(21)16-18-10-8-7-9-12-22(30)29(18)24(27)23(20)32-19;6*1-2;;/h1,8,10,15,18,21,24H,6-7,9,11-14,16-17H2,2-4H3;;;;;;;;/b10-8-;;;;;;;;/t18-,21-,24-,27-;;;;;;;;/m0......../s1. The maximum atomic E-state index is 13.4. The van der Waals surface area contributed by atoms with Crippen molar-refractivity contribution in [2.75, 3.05) is 13.1 Å². The number of piperidine rings is 1. The minimum absolute atomic E-state index is 0. The van der Waals surface area contributed by atoms with Crippen LogP contribution in [0.4, 0.5) is 4.79 Å². The van der Waals surface area contributed by atoms with Crippen molar-refractivity contribution in [1.29, 1.82) is 0 Å². The molecule has 2 radical (unpaired) electrons. The van der Waals surface area contributed by atoms with Gasteiger partial charge in [-0.3, -0.25) is 4.79 Å². The summed E-state index contributed by atoms with van der Waals surface area (Å²) in [5.41, 5.74) is 0.427. The van der Waals surface area contributed by atoms with Gasteiger partial charge in [0.2, 0.25) is 5.91 Å². The molecule has 47 heavy (non-hydrogen) atoms. The number of carbonyl (C=O) groups is 2. The van der Waals surface area contributed by atoms with Gasteiger partial charge in [0.1, 0.15) is 17.1 Å². The third kappa shape index (κ3) is 12.1. The molecule has 254 valence electrons. The van der Waals surface area contributed by atoms with E-state index in [2.05, 4.69) is 68.9 Å². The monoisotopic (exact) mass is 736 g/mol. The maximum Gasteiger partial charge on any atom is 0 e.